The molecule has 26 heavy (non-hydrogen) atoms. The van der Waals surface area contributed by atoms with Crippen LogP contribution >= 0.6 is 0 Å². The number of amides is 1. The molecule has 5 nitrogen and oxygen atoms in total. The molecule has 5 heteroatoms. The van der Waals surface area contributed by atoms with E-state index < -0.39 is 5.97 Å². The van der Waals surface area contributed by atoms with Crippen molar-refractivity contribution in [1.82, 2.24) is 0 Å². The minimum absolute atomic E-state index is 0.296. The van der Waals surface area contributed by atoms with E-state index in [4.69, 9.17) is 9.47 Å². The van der Waals surface area contributed by atoms with Crippen LogP contribution in [0, 0.1) is 0 Å². The predicted octanol–water partition coefficient (Wildman–Crippen LogP) is 4.68. The Balaban J connectivity index is 1.95. The van der Waals surface area contributed by atoms with Gasteiger partial charge in [0.25, 0.3) is 5.91 Å². The molecule has 2 rings (SSSR count). The van der Waals surface area contributed by atoms with Crippen LogP contribution in [0.5, 0.6) is 5.75 Å². The highest BCUT2D eigenvalue weighted by Gasteiger charge is 2.14. The Morgan fingerprint density at radius 3 is 2.38 bits per heavy atom. The Labute approximate surface area is 154 Å². The first-order valence-corrected chi connectivity index (χ1v) is 8.87. The van der Waals surface area contributed by atoms with E-state index in [1.54, 1.807) is 48.5 Å². The van der Waals surface area contributed by atoms with Gasteiger partial charge in [-0.3, -0.25) is 4.79 Å². The van der Waals surface area contributed by atoms with E-state index >= 15 is 0 Å². The molecule has 138 valence electrons. The zero-order chi connectivity index (χ0) is 18.8. The van der Waals surface area contributed by atoms with Gasteiger partial charge in [-0.2, -0.15) is 0 Å². The van der Waals surface area contributed by atoms with E-state index in [9.17, 15) is 9.59 Å². The van der Waals surface area contributed by atoms with Gasteiger partial charge < -0.3 is 14.8 Å². The summed E-state index contributed by atoms with van der Waals surface area (Å²) in [5, 5.41) is 2.75. The van der Waals surface area contributed by atoms with Gasteiger partial charge in [-0.1, -0.05) is 38.3 Å². The lowest BCUT2D eigenvalue weighted by Gasteiger charge is -2.10. The lowest BCUT2D eigenvalue weighted by molar-refractivity contribution is 0.0602. The average Bonchev–Trinajstić information content (AvgIpc) is 2.68. The Kier molecular flexibility index (Phi) is 7.68. The second-order valence-corrected chi connectivity index (χ2v) is 5.92. The van der Waals surface area contributed by atoms with Crippen LogP contribution in [0.25, 0.3) is 0 Å². The lowest BCUT2D eigenvalue weighted by atomic mass is 10.1. The zero-order valence-electron chi connectivity index (χ0n) is 15.3. The molecule has 0 spiro atoms. The minimum atomic E-state index is -0.493. The quantitative estimate of drug-likeness (QED) is 0.524. The van der Waals surface area contributed by atoms with Crippen molar-refractivity contribution in [3.8, 4) is 5.75 Å². The largest absolute Gasteiger partial charge is 0.494 e. The molecule has 0 saturated carbocycles. The first-order chi connectivity index (χ1) is 12.7. The fraction of sp³-hybridized carbons (Fsp3) is 0.333. The molecule has 0 saturated heterocycles. The fourth-order valence-electron chi connectivity index (χ4n) is 2.50. The average molecular weight is 355 g/mol. The van der Waals surface area contributed by atoms with Crippen LogP contribution in [0.2, 0.25) is 0 Å². The SMILES string of the molecule is CCCCCCOc1ccc(C(=O)Nc2ccccc2C(=O)OC)cc1. The van der Waals surface area contributed by atoms with Crippen molar-refractivity contribution in [1.29, 1.82) is 0 Å². The normalized spacial score (nSPS) is 10.2. The molecule has 0 radical (unpaired) electrons. The summed E-state index contributed by atoms with van der Waals surface area (Å²) in [4.78, 5) is 24.2. The molecule has 2 aromatic carbocycles. The standard InChI is InChI=1S/C21H25NO4/c1-3-4-5-8-15-26-17-13-11-16(12-14-17)20(23)22-19-10-7-6-9-18(19)21(24)25-2/h6-7,9-14H,3-5,8,15H2,1-2H3,(H,22,23). The van der Waals surface area contributed by atoms with E-state index in [0.29, 0.717) is 23.4 Å². The molecular formula is C21H25NO4. The van der Waals surface area contributed by atoms with Crippen molar-refractivity contribution < 1.29 is 19.1 Å². The number of methoxy groups -OCH3 is 1. The first-order valence-electron chi connectivity index (χ1n) is 8.87. The van der Waals surface area contributed by atoms with Gasteiger partial charge in [-0.15, -0.1) is 0 Å². The van der Waals surface area contributed by atoms with Crippen molar-refractivity contribution in [3.63, 3.8) is 0 Å². The molecule has 0 aliphatic carbocycles. The molecule has 0 aliphatic rings. The lowest BCUT2D eigenvalue weighted by Crippen LogP contribution is -2.15. The maximum absolute atomic E-state index is 12.4. The van der Waals surface area contributed by atoms with Gasteiger partial charge in [0, 0.05) is 5.56 Å². The summed E-state index contributed by atoms with van der Waals surface area (Å²) in [6.45, 7) is 2.85. The van der Waals surface area contributed by atoms with Crippen LogP contribution in [0.3, 0.4) is 0 Å². The molecule has 0 unspecified atom stereocenters. The summed E-state index contributed by atoms with van der Waals surface area (Å²) in [6, 6.07) is 13.7. The molecule has 0 heterocycles. The zero-order valence-corrected chi connectivity index (χ0v) is 15.3. The molecule has 1 amide bonds. The summed E-state index contributed by atoms with van der Waals surface area (Å²) in [5.41, 5.74) is 1.22. The highest BCUT2D eigenvalue weighted by Crippen LogP contribution is 2.18. The summed E-state index contributed by atoms with van der Waals surface area (Å²) >= 11 is 0. The number of nitrogens with one attached hydrogen (secondary N) is 1. The number of para-hydroxylation sites is 1. The summed E-state index contributed by atoms with van der Waals surface area (Å²) in [6.07, 6.45) is 4.61. The van der Waals surface area contributed by atoms with Gasteiger partial charge in [-0.05, 0) is 42.8 Å². The maximum atomic E-state index is 12.4. The highest BCUT2D eigenvalue weighted by atomic mass is 16.5. The molecular weight excluding hydrogens is 330 g/mol. The summed E-state index contributed by atoms with van der Waals surface area (Å²) in [7, 11) is 1.31. The van der Waals surface area contributed by atoms with Gasteiger partial charge in [0.15, 0.2) is 0 Å². The molecule has 0 atom stereocenters. The third kappa shape index (κ3) is 5.62. The smallest absolute Gasteiger partial charge is 0.339 e. The number of hydrogen-bond acceptors (Lipinski definition) is 4. The third-order valence-corrected chi connectivity index (χ3v) is 3.96. The Bertz CT molecular complexity index is 725. The van der Waals surface area contributed by atoms with Gasteiger partial charge in [0.2, 0.25) is 0 Å². The Morgan fingerprint density at radius 2 is 1.69 bits per heavy atom. The second kappa shape index (κ2) is 10.2. The summed E-state index contributed by atoms with van der Waals surface area (Å²) < 4.78 is 10.4. The number of carbonyl (C=O) groups is 2. The molecule has 2 aromatic rings. The minimum Gasteiger partial charge on any atom is -0.494 e. The van der Waals surface area contributed by atoms with E-state index in [1.807, 2.05) is 0 Å². The molecule has 0 aromatic heterocycles. The van der Waals surface area contributed by atoms with Crippen molar-refractivity contribution in [3.05, 3.63) is 59.7 Å². The van der Waals surface area contributed by atoms with Crippen molar-refractivity contribution in [2.45, 2.75) is 32.6 Å². The number of hydrogen-bond donors (Lipinski definition) is 1. The van der Waals surface area contributed by atoms with Crippen LogP contribution in [0.15, 0.2) is 48.5 Å². The summed E-state index contributed by atoms with van der Waals surface area (Å²) in [5.74, 6) is -0.0448. The fourth-order valence-corrected chi connectivity index (χ4v) is 2.50. The molecule has 1 N–H and O–H groups in total. The maximum Gasteiger partial charge on any atom is 0.339 e. The molecule has 0 fully saturated rings. The Morgan fingerprint density at radius 1 is 0.962 bits per heavy atom. The van der Waals surface area contributed by atoms with Gasteiger partial charge in [0.1, 0.15) is 5.75 Å². The number of esters is 1. The van der Waals surface area contributed by atoms with Crippen LogP contribution in [-0.4, -0.2) is 25.6 Å². The number of ether oxygens (including phenoxy) is 2. The van der Waals surface area contributed by atoms with Gasteiger partial charge in [0.05, 0.1) is 25.0 Å². The van der Waals surface area contributed by atoms with Gasteiger partial charge in [-0.25, -0.2) is 4.79 Å². The van der Waals surface area contributed by atoms with Crippen LogP contribution in [0.4, 0.5) is 5.69 Å². The van der Waals surface area contributed by atoms with Gasteiger partial charge >= 0.3 is 5.97 Å². The number of carbonyl (C=O) groups excluding carboxylic acids is 2. The number of rotatable bonds is 9. The first kappa shape index (κ1) is 19.5. The number of benzene rings is 2. The van der Waals surface area contributed by atoms with Crippen molar-refractivity contribution >= 4 is 17.6 Å². The van der Waals surface area contributed by atoms with Crippen LogP contribution in [-0.2, 0) is 4.74 Å². The molecule has 0 aliphatic heterocycles. The highest BCUT2D eigenvalue weighted by molar-refractivity contribution is 6.08. The van der Waals surface area contributed by atoms with Crippen LogP contribution < -0.4 is 10.1 Å². The monoisotopic (exact) mass is 355 g/mol. The molecule has 0 bridgehead atoms. The number of anilines is 1. The van der Waals surface area contributed by atoms with Crippen molar-refractivity contribution in [2.75, 3.05) is 19.0 Å². The van der Waals surface area contributed by atoms with Crippen molar-refractivity contribution in [2.24, 2.45) is 0 Å². The van der Waals surface area contributed by atoms with Crippen LogP contribution in [0.1, 0.15) is 53.3 Å². The van der Waals surface area contributed by atoms with E-state index in [2.05, 4.69) is 12.2 Å². The number of unbranched alkanes of at least 4 members (excludes halogenated alkanes) is 3. The van der Waals surface area contributed by atoms with E-state index in [-0.39, 0.29) is 5.91 Å². The predicted molar refractivity (Wildman–Crippen MR) is 102 cm³/mol. The Hall–Kier alpha value is -2.82. The third-order valence-electron chi connectivity index (χ3n) is 3.96. The second-order valence-electron chi connectivity index (χ2n) is 5.92. The van der Waals surface area contributed by atoms with E-state index in [1.165, 1.54) is 20.0 Å². The topological polar surface area (TPSA) is 64.6 Å². The van der Waals surface area contributed by atoms with E-state index in [0.717, 1.165) is 18.6 Å².